The summed E-state index contributed by atoms with van der Waals surface area (Å²) in [6.45, 7) is 4.16. The summed E-state index contributed by atoms with van der Waals surface area (Å²) in [6, 6.07) is 0.883. The van der Waals surface area contributed by atoms with Gasteiger partial charge in [0.25, 0.3) is 0 Å². The zero-order chi connectivity index (χ0) is 11.7. The van der Waals surface area contributed by atoms with Crippen LogP contribution in [-0.4, -0.2) is 21.9 Å². The molecule has 1 heterocycles. The van der Waals surface area contributed by atoms with Gasteiger partial charge in [-0.3, -0.25) is 4.68 Å². The van der Waals surface area contributed by atoms with Gasteiger partial charge in [0.15, 0.2) is 0 Å². The molecular formula is C12H22N4. The number of rotatable bonds is 2. The SMILES string of the molecule is Cc1nn(C)c(C)c1NC1CCCC(N)C1. The quantitative estimate of drug-likeness (QED) is 0.801. The first kappa shape index (κ1) is 11.5. The predicted molar refractivity (Wildman–Crippen MR) is 66.5 cm³/mol. The summed E-state index contributed by atoms with van der Waals surface area (Å²) < 4.78 is 1.93. The lowest BCUT2D eigenvalue weighted by molar-refractivity contribution is 0.409. The highest BCUT2D eigenvalue weighted by Gasteiger charge is 2.21. The summed E-state index contributed by atoms with van der Waals surface area (Å²) in [4.78, 5) is 0. The van der Waals surface area contributed by atoms with Gasteiger partial charge in [0.2, 0.25) is 0 Å². The molecule has 1 saturated carbocycles. The fraction of sp³-hybridized carbons (Fsp3) is 0.750. The van der Waals surface area contributed by atoms with Crippen LogP contribution in [-0.2, 0) is 7.05 Å². The topological polar surface area (TPSA) is 55.9 Å². The van der Waals surface area contributed by atoms with Crippen LogP contribution >= 0.6 is 0 Å². The summed E-state index contributed by atoms with van der Waals surface area (Å²) in [5, 5.41) is 8.02. The van der Waals surface area contributed by atoms with E-state index in [2.05, 4.69) is 24.3 Å². The molecule has 0 amide bonds. The molecule has 0 spiro atoms. The minimum atomic E-state index is 0.364. The molecule has 0 aromatic carbocycles. The molecule has 16 heavy (non-hydrogen) atoms. The maximum Gasteiger partial charge on any atom is 0.0827 e. The Morgan fingerprint density at radius 2 is 2.12 bits per heavy atom. The molecule has 2 atom stereocenters. The molecule has 2 unspecified atom stereocenters. The average Bonchev–Trinajstić information content (AvgIpc) is 2.45. The second-order valence-electron chi connectivity index (χ2n) is 4.94. The van der Waals surface area contributed by atoms with Crippen molar-refractivity contribution >= 4 is 5.69 Å². The summed E-state index contributed by atoms with van der Waals surface area (Å²) in [7, 11) is 1.99. The first-order valence-electron chi connectivity index (χ1n) is 6.10. The van der Waals surface area contributed by atoms with E-state index < -0.39 is 0 Å². The molecule has 0 radical (unpaired) electrons. The van der Waals surface area contributed by atoms with Crippen molar-refractivity contribution in [2.75, 3.05) is 5.32 Å². The van der Waals surface area contributed by atoms with Crippen molar-refractivity contribution in [3.05, 3.63) is 11.4 Å². The molecule has 0 saturated heterocycles. The van der Waals surface area contributed by atoms with Crippen LogP contribution < -0.4 is 11.1 Å². The van der Waals surface area contributed by atoms with Gasteiger partial charge in [-0.05, 0) is 39.5 Å². The fourth-order valence-electron chi connectivity index (χ4n) is 2.55. The first-order chi connectivity index (χ1) is 7.58. The molecule has 1 aromatic heterocycles. The van der Waals surface area contributed by atoms with Crippen LogP contribution in [0.5, 0.6) is 0 Å². The largest absolute Gasteiger partial charge is 0.379 e. The third kappa shape index (κ3) is 2.21. The molecule has 1 fully saturated rings. The minimum Gasteiger partial charge on any atom is -0.379 e. The van der Waals surface area contributed by atoms with E-state index >= 15 is 0 Å². The number of nitrogens with one attached hydrogen (secondary N) is 1. The minimum absolute atomic E-state index is 0.364. The summed E-state index contributed by atoms with van der Waals surface area (Å²) in [5.41, 5.74) is 9.48. The van der Waals surface area contributed by atoms with Crippen LogP contribution in [0.2, 0.25) is 0 Å². The van der Waals surface area contributed by atoms with E-state index in [9.17, 15) is 0 Å². The number of anilines is 1. The lowest BCUT2D eigenvalue weighted by atomic mass is 9.91. The van der Waals surface area contributed by atoms with Crippen molar-refractivity contribution < 1.29 is 0 Å². The Balaban J connectivity index is 2.08. The standard InChI is InChI=1S/C12H22N4/c1-8-12(9(2)16(3)15-8)14-11-6-4-5-10(13)7-11/h10-11,14H,4-7,13H2,1-3H3. The van der Waals surface area contributed by atoms with Gasteiger partial charge < -0.3 is 11.1 Å². The van der Waals surface area contributed by atoms with Gasteiger partial charge >= 0.3 is 0 Å². The molecule has 3 N–H and O–H groups in total. The van der Waals surface area contributed by atoms with E-state index in [1.54, 1.807) is 0 Å². The second kappa shape index (κ2) is 4.45. The van der Waals surface area contributed by atoms with Crippen molar-refractivity contribution in [2.45, 2.75) is 51.6 Å². The van der Waals surface area contributed by atoms with E-state index in [1.165, 1.54) is 30.6 Å². The Morgan fingerprint density at radius 3 is 2.69 bits per heavy atom. The van der Waals surface area contributed by atoms with Gasteiger partial charge in [-0.2, -0.15) is 5.10 Å². The molecule has 0 aliphatic heterocycles. The highest BCUT2D eigenvalue weighted by atomic mass is 15.3. The van der Waals surface area contributed by atoms with Crippen molar-refractivity contribution in [2.24, 2.45) is 12.8 Å². The number of hydrogen-bond acceptors (Lipinski definition) is 3. The molecule has 0 bridgehead atoms. The third-order valence-corrected chi connectivity index (χ3v) is 3.57. The maximum atomic E-state index is 6.00. The normalized spacial score (nSPS) is 25.8. The fourth-order valence-corrected chi connectivity index (χ4v) is 2.55. The Labute approximate surface area is 97.2 Å². The zero-order valence-corrected chi connectivity index (χ0v) is 10.5. The molecule has 1 aliphatic rings. The van der Waals surface area contributed by atoms with Crippen LogP contribution in [0.4, 0.5) is 5.69 Å². The van der Waals surface area contributed by atoms with Gasteiger partial charge in [0, 0.05) is 19.1 Å². The van der Waals surface area contributed by atoms with Gasteiger partial charge in [-0.15, -0.1) is 0 Å². The highest BCUT2D eigenvalue weighted by molar-refractivity contribution is 5.52. The lowest BCUT2D eigenvalue weighted by Crippen LogP contribution is -2.35. The monoisotopic (exact) mass is 222 g/mol. The van der Waals surface area contributed by atoms with E-state index in [0.717, 1.165) is 12.1 Å². The van der Waals surface area contributed by atoms with Crippen LogP contribution in [0, 0.1) is 13.8 Å². The van der Waals surface area contributed by atoms with Crippen molar-refractivity contribution in [3.8, 4) is 0 Å². The molecule has 1 aromatic rings. The smallest absolute Gasteiger partial charge is 0.0827 e. The molecule has 2 rings (SSSR count). The van der Waals surface area contributed by atoms with Gasteiger partial charge in [-0.25, -0.2) is 0 Å². The van der Waals surface area contributed by atoms with Crippen molar-refractivity contribution in [3.63, 3.8) is 0 Å². The molecule has 90 valence electrons. The summed E-state index contributed by atoms with van der Waals surface area (Å²) in [5.74, 6) is 0. The van der Waals surface area contributed by atoms with Crippen LogP contribution in [0.1, 0.15) is 37.1 Å². The van der Waals surface area contributed by atoms with E-state index in [1.807, 2.05) is 11.7 Å². The number of aryl methyl sites for hydroxylation is 2. The summed E-state index contributed by atoms with van der Waals surface area (Å²) >= 11 is 0. The maximum absolute atomic E-state index is 6.00. The van der Waals surface area contributed by atoms with Crippen LogP contribution in [0.15, 0.2) is 0 Å². The number of aromatic nitrogens is 2. The number of nitrogens with zero attached hydrogens (tertiary/aromatic N) is 2. The molecule has 4 heteroatoms. The van der Waals surface area contributed by atoms with Gasteiger partial charge in [0.05, 0.1) is 17.1 Å². The van der Waals surface area contributed by atoms with E-state index in [0.29, 0.717) is 12.1 Å². The predicted octanol–water partition coefficient (Wildman–Crippen LogP) is 1.72. The Hall–Kier alpha value is -1.03. The number of nitrogens with two attached hydrogens (primary N) is 1. The Morgan fingerprint density at radius 1 is 1.38 bits per heavy atom. The average molecular weight is 222 g/mol. The van der Waals surface area contributed by atoms with Crippen molar-refractivity contribution in [1.29, 1.82) is 0 Å². The number of hydrogen-bond donors (Lipinski definition) is 2. The van der Waals surface area contributed by atoms with Gasteiger partial charge in [-0.1, -0.05) is 0 Å². The van der Waals surface area contributed by atoms with E-state index in [-0.39, 0.29) is 0 Å². The Bertz CT molecular complexity index is 369. The Kier molecular flexibility index (Phi) is 3.19. The van der Waals surface area contributed by atoms with Crippen LogP contribution in [0.3, 0.4) is 0 Å². The highest BCUT2D eigenvalue weighted by Crippen LogP contribution is 2.25. The van der Waals surface area contributed by atoms with Gasteiger partial charge in [0.1, 0.15) is 0 Å². The second-order valence-corrected chi connectivity index (χ2v) is 4.94. The lowest BCUT2D eigenvalue weighted by Gasteiger charge is -2.28. The molecule has 4 nitrogen and oxygen atoms in total. The molecule has 1 aliphatic carbocycles. The van der Waals surface area contributed by atoms with Crippen LogP contribution in [0.25, 0.3) is 0 Å². The van der Waals surface area contributed by atoms with E-state index in [4.69, 9.17) is 5.73 Å². The molecular weight excluding hydrogens is 200 g/mol. The first-order valence-corrected chi connectivity index (χ1v) is 6.10. The zero-order valence-electron chi connectivity index (χ0n) is 10.5. The third-order valence-electron chi connectivity index (χ3n) is 3.57. The summed E-state index contributed by atoms with van der Waals surface area (Å²) in [6.07, 6.45) is 4.70. The van der Waals surface area contributed by atoms with Crippen molar-refractivity contribution in [1.82, 2.24) is 9.78 Å².